The summed E-state index contributed by atoms with van der Waals surface area (Å²) >= 11 is 0. The van der Waals surface area contributed by atoms with E-state index in [1.54, 1.807) is 0 Å². The van der Waals surface area contributed by atoms with Gasteiger partial charge in [-0.2, -0.15) is 0 Å². The first kappa shape index (κ1) is 8.10. The molecule has 0 aromatic rings. The topological polar surface area (TPSA) is 23.5 Å². The Morgan fingerprint density at radius 2 is 2.33 bits per heavy atom. The van der Waals surface area contributed by atoms with Crippen LogP contribution in [0.4, 0.5) is 0 Å². The van der Waals surface area contributed by atoms with E-state index in [-0.39, 0.29) is 0 Å². The van der Waals surface area contributed by atoms with Crippen LogP contribution in [-0.2, 0) is 0 Å². The average Bonchev–Trinajstić information content (AvgIpc) is 2.51. The molecule has 1 N–H and O–H groups in total. The summed E-state index contributed by atoms with van der Waals surface area (Å²) in [4.78, 5) is 2.45. The van der Waals surface area contributed by atoms with Gasteiger partial charge in [0, 0.05) is 25.4 Å². The lowest BCUT2D eigenvalue weighted by Crippen LogP contribution is -2.46. The number of piperidine rings is 1. The second kappa shape index (κ2) is 2.76. The second-order valence-corrected chi connectivity index (χ2v) is 3.96. The van der Waals surface area contributed by atoms with Crippen LogP contribution in [0.1, 0.15) is 25.7 Å². The Bertz CT molecular complexity index is 220. The number of terminal acetylenes is 1. The highest BCUT2D eigenvalue weighted by atomic mass is 16.3. The maximum Gasteiger partial charge on any atom is 0.127 e. The molecular weight excluding hydrogens is 150 g/mol. The molecule has 2 saturated heterocycles. The van der Waals surface area contributed by atoms with Gasteiger partial charge >= 0.3 is 0 Å². The minimum Gasteiger partial charge on any atom is -0.378 e. The number of aliphatic hydroxyl groups is 1. The highest BCUT2D eigenvalue weighted by Gasteiger charge is 2.38. The van der Waals surface area contributed by atoms with E-state index >= 15 is 0 Å². The van der Waals surface area contributed by atoms with Crippen molar-refractivity contribution in [2.75, 3.05) is 13.1 Å². The first-order valence-electron chi connectivity index (χ1n) is 4.68. The molecule has 2 aliphatic heterocycles. The van der Waals surface area contributed by atoms with Gasteiger partial charge in [-0.05, 0) is 19.4 Å². The smallest absolute Gasteiger partial charge is 0.127 e. The van der Waals surface area contributed by atoms with Crippen LogP contribution in [0.25, 0.3) is 0 Å². The normalized spacial score (nSPS) is 42.2. The van der Waals surface area contributed by atoms with Crippen molar-refractivity contribution in [3.8, 4) is 12.3 Å². The standard InChI is InChI=1S/C10H15NO/c1-2-10(12)5-7-11-6-3-4-9(11)8-10/h1,9,12H,3-8H2. The van der Waals surface area contributed by atoms with Crippen molar-refractivity contribution >= 4 is 0 Å². The zero-order valence-corrected chi connectivity index (χ0v) is 7.29. The molecule has 0 radical (unpaired) electrons. The van der Waals surface area contributed by atoms with Gasteiger partial charge in [-0.3, -0.25) is 0 Å². The Balaban J connectivity index is 2.07. The Hall–Kier alpha value is -0.520. The van der Waals surface area contributed by atoms with E-state index < -0.39 is 5.60 Å². The van der Waals surface area contributed by atoms with E-state index in [4.69, 9.17) is 6.42 Å². The van der Waals surface area contributed by atoms with Gasteiger partial charge in [-0.25, -0.2) is 0 Å². The van der Waals surface area contributed by atoms with Crippen LogP contribution < -0.4 is 0 Å². The summed E-state index contributed by atoms with van der Waals surface area (Å²) in [5, 5.41) is 9.86. The third-order valence-corrected chi connectivity index (χ3v) is 3.15. The first-order valence-corrected chi connectivity index (χ1v) is 4.68. The number of rotatable bonds is 0. The molecule has 0 amide bonds. The fourth-order valence-corrected chi connectivity index (χ4v) is 2.37. The van der Waals surface area contributed by atoms with E-state index in [0.29, 0.717) is 6.04 Å². The molecular formula is C10H15NO. The van der Waals surface area contributed by atoms with Crippen molar-refractivity contribution in [3.05, 3.63) is 0 Å². The molecule has 2 unspecified atom stereocenters. The summed E-state index contributed by atoms with van der Waals surface area (Å²) in [5.41, 5.74) is -0.800. The third kappa shape index (κ3) is 1.24. The molecule has 12 heavy (non-hydrogen) atoms. The zero-order chi connectivity index (χ0) is 8.60. The van der Waals surface area contributed by atoms with Crippen molar-refractivity contribution in [1.82, 2.24) is 4.90 Å². The zero-order valence-electron chi connectivity index (χ0n) is 7.29. The van der Waals surface area contributed by atoms with Crippen molar-refractivity contribution in [2.24, 2.45) is 0 Å². The molecule has 0 saturated carbocycles. The number of nitrogens with zero attached hydrogens (tertiary/aromatic N) is 1. The summed E-state index contributed by atoms with van der Waals surface area (Å²) in [5.74, 6) is 2.52. The van der Waals surface area contributed by atoms with E-state index in [9.17, 15) is 5.11 Å². The lowest BCUT2D eigenvalue weighted by molar-refractivity contribution is 0.00980. The Morgan fingerprint density at radius 1 is 1.50 bits per heavy atom. The van der Waals surface area contributed by atoms with Gasteiger partial charge in [0.15, 0.2) is 0 Å². The number of hydrogen-bond donors (Lipinski definition) is 1. The number of fused-ring (bicyclic) bond motifs is 1. The van der Waals surface area contributed by atoms with E-state index in [0.717, 1.165) is 19.4 Å². The van der Waals surface area contributed by atoms with Crippen LogP contribution in [0.2, 0.25) is 0 Å². The Labute approximate surface area is 73.6 Å². The molecule has 2 nitrogen and oxygen atoms in total. The monoisotopic (exact) mass is 165 g/mol. The Morgan fingerprint density at radius 3 is 3.08 bits per heavy atom. The van der Waals surface area contributed by atoms with Gasteiger partial charge in [0.05, 0.1) is 0 Å². The summed E-state index contributed by atoms with van der Waals surface area (Å²) in [7, 11) is 0. The van der Waals surface area contributed by atoms with Crippen LogP contribution in [0.3, 0.4) is 0 Å². The molecule has 66 valence electrons. The van der Waals surface area contributed by atoms with Crippen molar-refractivity contribution in [3.63, 3.8) is 0 Å². The summed E-state index contributed by atoms with van der Waals surface area (Å²) < 4.78 is 0. The molecule has 2 heterocycles. The highest BCUT2D eigenvalue weighted by Crippen LogP contribution is 2.32. The van der Waals surface area contributed by atoms with Gasteiger partial charge in [0.1, 0.15) is 5.60 Å². The molecule has 2 fully saturated rings. The van der Waals surface area contributed by atoms with E-state index in [2.05, 4.69) is 10.8 Å². The van der Waals surface area contributed by atoms with Crippen molar-refractivity contribution in [1.29, 1.82) is 0 Å². The molecule has 0 aliphatic carbocycles. The predicted octanol–water partition coefficient (Wildman–Crippen LogP) is 0.609. The summed E-state index contributed by atoms with van der Waals surface area (Å²) in [6.45, 7) is 2.18. The second-order valence-electron chi connectivity index (χ2n) is 3.96. The molecule has 0 spiro atoms. The summed E-state index contributed by atoms with van der Waals surface area (Å²) in [6.07, 6.45) is 9.31. The van der Waals surface area contributed by atoms with Crippen LogP contribution in [0, 0.1) is 12.3 Å². The quantitative estimate of drug-likeness (QED) is 0.532. The Kier molecular flexibility index (Phi) is 1.86. The lowest BCUT2D eigenvalue weighted by Gasteiger charge is -2.37. The minimum atomic E-state index is -0.800. The van der Waals surface area contributed by atoms with Gasteiger partial charge < -0.3 is 10.0 Å². The van der Waals surface area contributed by atoms with Crippen molar-refractivity contribution < 1.29 is 5.11 Å². The average molecular weight is 165 g/mol. The van der Waals surface area contributed by atoms with Crippen LogP contribution in [-0.4, -0.2) is 34.7 Å². The van der Waals surface area contributed by atoms with Crippen LogP contribution >= 0.6 is 0 Å². The molecule has 2 heteroatoms. The molecule has 2 rings (SSSR count). The maximum atomic E-state index is 9.86. The van der Waals surface area contributed by atoms with Gasteiger partial charge in [-0.1, -0.05) is 5.92 Å². The van der Waals surface area contributed by atoms with Crippen LogP contribution in [0.5, 0.6) is 0 Å². The van der Waals surface area contributed by atoms with Gasteiger partial charge in [-0.15, -0.1) is 6.42 Å². The lowest BCUT2D eigenvalue weighted by atomic mass is 9.87. The largest absolute Gasteiger partial charge is 0.378 e. The van der Waals surface area contributed by atoms with Crippen molar-refractivity contribution in [2.45, 2.75) is 37.3 Å². The van der Waals surface area contributed by atoms with Crippen LogP contribution in [0.15, 0.2) is 0 Å². The van der Waals surface area contributed by atoms with Gasteiger partial charge in [0.2, 0.25) is 0 Å². The fourth-order valence-electron chi connectivity index (χ4n) is 2.37. The SMILES string of the molecule is C#CC1(O)CCN2CCCC2C1. The molecule has 0 aromatic heterocycles. The van der Waals surface area contributed by atoms with E-state index in [1.165, 1.54) is 19.4 Å². The molecule has 0 aromatic carbocycles. The summed E-state index contributed by atoms with van der Waals surface area (Å²) in [6, 6.07) is 0.555. The minimum absolute atomic E-state index is 0.555. The molecule has 2 aliphatic rings. The molecule has 2 atom stereocenters. The maximum absolute atomic E-state index is 9.86. The first-order chi connectivity index (χ1) is 5.73. The highest BCUT2D eigenvalue weighted by molar-refractivity contribution is 5.11. The third-order valence-electron chi connectivity index (χ3n) is 3.15. The van der Waals surface area contributed by atoms with E-state index in [1.807, 2.05) is 0 Å². The fraction of sp³-hybridized carbons (Fsp3) is 0.800. The molecule has 0 bridgehead atoms. The van der Waals surface area contributed by atoms with Gasteiger partial charge in [0.25, 0.3) is 0 Å². The predicted molar refractivity (Wildman–Crippen MR) is 47.6 cm³/mol. The number of hydrogen-bond acceptors (Lipinski definition) is 2.